The Labute approximate surface area is 152 Å². The van der Waals surface area contributed by atoms with Crippen LogP contribution in [0.2, 0.25) is 0 Å². The maximum atomic E-state index is 10.4. The van der Waals surface area contributed by atoms with Gasteiger partial charge in [-0.15, -0.1) is 0 Å². The van der Waals surface area contributed by atoms with Crippen molar-refractivity contribution in [3.05, 3.63) is 35.9 Å². The predicted octanol–water partition coefficient (Wildman–Crippen LogP) is 1.45. The Morgan fingerprint density at radius 3 is 2.40 bits per heavy atom. The van der Waals surface area contributed by atoms with Crippen molar-refractivity contribution in [2.45, 2.75) is 32.1 Å². The molecule has 2 aliphatic rings. The number of β-amino-alcohol motifs (C(OH)–C–C–N with tert-alkyl or cyclic N) is 1. The van der Waals surface area contributed by atoms with Crippen molar-refractivity contribution >= 4 is 0 Å². The second kappa shape index (κ2) is 9.10. The summed E-state index contributed by atoms with van der Waals surface area (Å²) in [5, 5.41) is 10.4. The van der Waals surface area contributed by atoms with E-state index in [1.807, 2.05) is 30.3 Å². The Kier molecular flexibility index (Phi) is 6.84. The first-order valence-electron chi connectivity index (χ1n) is 9.65. The third-order valence-electron chi connectivity index (χ3n) is 5.44. The van der Waals surface area contributed by atoms with Crippen molar-refractivity contribution < 1.29 is 9.84 Å². The highest BCUT2D eigenvalue weighted by atomic mass is 16.5. The normalized spacial score (nSPS) is 25.4. The standard InChI is InChI=1S/C20H33N3O2/c1-17(2)23-12-13-25-19(15-23)14-21-8-10-22(11-9-21)16-20(24)18-6-4-3-5-7-18/h3-7,17,19-20,24H,8-16H2,1-2H3/t19-,20-/m0/s1. The van der Waals surface area contributed by atoms with Gasteiger partial charge < -0.3 is 9.84 Å². The van der Waals surface area contributed by atoms with E-state index in [-0.39, 0.29) is 0 Å². The zero-order chi connectivity index (χ0) is 17.6. The second-order valence-electron chi connectivity index (χ2n) is 7.61. The van der Waals surface area contributed by atoms with E-state index in [9.17, 15) is 5.11 Å². The molecule has 2 fully saturated rings. The quantitative estimate of drug-likeness (QED) is 0.843. The smallest absolute Gasteiger partial charge is 0.0916 e. The van der Waals surface area contributed by atoms with Crippen LogP contribution in [0.15, 0.2) is 30.3 Å². The van der Waals surface area contributed by atoms with Gasteiger partial charge in [0, 0.05) is 58.4 Å². The van der Waals surface area contributed by atoms with Crippen LogP contribution in [0.3, 0.4) is 0 Å². The van der Waals surface area contributed by atoms with Crippen molar-refractivity contribution in [2.24, 2.45) is 0 Å². The summed E-state index contributed by atoms with van der Waals surface area (Å²) in [6, 6.07) is 10.6. The monoisotopic (exact) mass is 347 g/mol. The van der Waals surface area contributed by atoms with Gasteiger partial charge in [0.2, 0.25) is 0 Å². The predicted molar refractivity (Wildman–Crippen MR) is 101 cm³/mol. The molecule has 1 N–H and O–H groups in total. The SMILES string of the molecule is CC(C)N1CCO[C@@H](CN2CCN(C[C@H](O)c3ccccc3)CC2)C1. The minimum atomic E-state index is -0.394. The van der Waals surface area contributed by atoms with Crippen LogP contribution in [0.1, 0.15) is 25.5 Å². The first kappa shape index (κ1) is 18.8. The lowest BCUT2D eigenvalue weighted by Gasteiger charge is -2.40. The lowest BCUT2D eigenvalue weighted by molar-refractivity contribution is -0.0573. The van der Waals surface area contributed by atoms with Crippen LogP contribution in [-0.4, -0.2) is 90.9 Å². The third-order valence-corrected chi connectivity index (χ3v) is 5.44. The summed E-state index contributed by atoms with van der Waals surface area (Å²) in [5.74, 6) is 0. The minimum absolute atomic E-state index is 0.331. The molecule has 140 valence electrons. The van der Waals surface area contributed by atoms with Crippen molar-refractivity contribution in [2.75, 3.05) is 59.0 Å². The molecule has 2 atom stereocenters. The van der Waals surface area contributed by atoms with E-state index in [0.717, 1.165) is 64.5 Å². The largest absolute Gasteiger partial charge is 0.387 e. The molecule has 2 aliphatic heterocycles. The number of rotatable bonds is 6. The van der Waals surface area contributed by atoms with Gasteiger partial charge in [0.1, 0.15) is 0 Å². The minimum Gasteiger partial charge on any atom is -0.387 e. The van der Waals surface area contributed by atoms with Gasteiger partial charge in [0.15, 0.2) is 0 Å². The van der Waals surface area contributed by atoms with Crippen LogP contribution in [-0.2, 0) is 4.74 Å². The van der Waals surface area contributed by atoms with E-state index in [4.69, 9.17) is 4.74 Å². The average molecular weight is 348 g/mol. The van der Waals surface area contributed by atoms with Crippen LogP contribution in [0.5, 0.6) is 0 Å². The van der Waals surface area contributed by atoms with Gasteiger partial charge in [-0.05, 0) is 19.4 Å². The van der Waals surface area contributed by atoms with E-state index in [0.29, 0.717) is 12.1 Å². The molecule has 5 heteroatoms. The number of aliphatic hydroxyl groups is 1. The van der Waals surface area contributed by atoms with Crippen LogP contribution in [0.25, 0.3) is 0 Å². The van der Waals surface area contributed by atoms with Crippen LogP contribution in [0, 0.1) is 0 Å². The second-order valence-corrected chi connectivity index (χ2v) is 7.61. The highest BCUT2D eigenvalue weighted by Gasteiger charge is 2.26. The molecule has 0 spiro atoms. The molecule has 0 bridgehead atoms. The van der Waals surface area contributed by atoms with Gasteiger partial charge in [-0.1, -0.05) is 30.3 Å². The Balaban J connectivity index is 1.40. The number of morpholine rings is 1. The topological polar surface area (TPSA) is 39.2 Å². The van der Waals surface area contributed by atoms with E-state index in [1.54, 1.807) is 0 Å². The molecule has 1 aromatic carbocycles. The van der Waals surface area contributed by atoms with E-state index in [2.05, 4.69) is 28.5 Å². The lowest BCUT2D eigenvalue weighted by atomic mass is 10.1. The van der Waals surface area contributed by atoms with Gasteiger partial charge in [-0.2, -0.15) is 0 Å². The van der Waals surface area contributed by atoms with Gasteiger partial charge in [-0.3, -0.25) is 14.7 Å². The molecule has 0 aliphatic carbocycles. The zero-order valence-corrected chi connectivity index (χ0v) is 15.7. The molecule has 0 saturated carbocycles. The molecule has 25 heavy (non-hydrogen) atoms. The summed E-state index contributed by atoms with van der Waals surface area (Å²) in [4.78, 5) is 7.40. The molecular formula is C20H33N3O2. The summed E-state index contributed by atoms with van der Waals surface area (Å²) in [6.45, 7) is 13.4. The molecule has 0 unspecified atom stereocenters. The van der Waals surface area contributed by atoms with Crippen LogP contribution >= 0.6 is 0 Å². The first-order valence-corrected chi connectivity index (χ1v) is 9.65. The number of aliphatic hydroxyl groups excluding tert-OH is 1. The van der Waals surface area contributed by atoms with Gasteiger partial charge in [0.25, 0.3) is 0 Å². The summed E-state index contributed by atoms with van der Waals surface area (Å²) < 4.78 is 5.97. The average Bonchev–Trinajstić information content (AvgIpc) is 2.64. The Hall–Kier alpha value is -0.980. The maximum absolute atomic E-state index is 10.4. The number of nitrogens with zero attached hydrogens (tertiary/aromatic N) is 3. The van der Waals surface area contributed by atoms with Gasteiger partial charge in [0.05, 0.1) is 18.8 Å². The number of piperazine rings is 1. The third kappa shape index (κ3) is 5.50. The molecule has 2 heterocycles. The summed E-state index contributed by atoms with van der Waals surface area (Å²) in [5.41, 5.74) is 1.01. The van der Waals surface area contributed by atoms with Crippen molar-refractivity contribution in [1.29, 1.82) is 0 Å². The number of benzene rings is 1. The van der Waals surface area contributed by atoms with E-state index in [1.165, 1.54) is 0 Å². The number of hydrogen-bond acceptors (Lipinski definition) is 5. The number of hydrogen-bond donors (Lipinski definition) is 1. The highest BCUT2D eigenvalue weighted by molar-refractivity contribution is 5.17. The first-order chi connectivity index (χ1) is 12.1. The van der Waals surface area contributed by atoms with E-state index >= 15 is 0 Å². The molecule has 2 saturated heterocycles. The fourth-order valence-electron chi connectivity index (χ4n) is 3.79. The number of ether oxygens (including phenoxy) is 1. The Morgan fingerprint density at radius 1 is 1.04 bits per heavy atom. The molecule has 0 radical (unpaired) electrons. The zero-order valence-electron chi connectivity index (χ0n) is 15.7. The molecule has 3 rings (SSSR count). The summed E-state index contributed by atoms with van der Waals surface area (Å²) in [6.07, 6.45) is -0.0633. The van der Waals surface area contributed by atoms with Gasteiger partial charge in [-0.25, -0.2) is 0 Å². The molecule has 0 amide bonds. The molecular weight excluding hydrogens is 314 g/mol. The van der Waals surface area contributed by atoms with Crippen LogP contribution < -0.4 is 0 Å². The highest BCUT2D eigenvalue weighted by Crippen LogP contribution is 2.16. The molecule has 1 aromatic rings. The summed E-state index contributed by atoms with van der Waals surface area (Å²) in [7, 11) is 0. The Bertz CT molecular complexity index is 503. The molecule has 0 aromatic heterocycles. The fraction of sp³-hybridized carbons (Fsp3) is 0.700. The maximum Gasteiger partial charge on any atom is 0.0916 e. The van der Waals surface area contributed by atoms with Crippen LogP contribution in [0.4, 0.5) is 0 Å². The Morgan fingerprint density at radius 2 is 1.72 bits per heavy atom. The van der Waals surface area contributed by atoms with Crippen molar-refractivity contribution in [3.8, 4) is 0 Å². The van der Waals surface area contributed by atoms with Crippen molar-refractivity contribution in [1.82, 2.24) is 14.7 Å². The van der Waals surface area contributed by atoms with Crippen molar-refractivity contribution in [3.63, 3.8) is 0 Å². The lowest BCUT2D eigenvalue weighted by Crippen LogP contribution is -2.53. The summed E-state index contributed by atoms with van der Waals surface area (Å²) >= 11 is 0. The van der Waals surface area contributed by atoms with Gasteiger partial charge >= 0.3 is 0 Å². The fourth-order valence-corrected chi connectivity index (χ4v) is 3.79. The molecule has 5 nitrogen and oxygen atoms in total. The van der Waals surface area contributed by atoms with E-state index < -0.39 is 6.10 Å².